The van der Waals surface area contributed by atoms with E-state index in [0.717, 1.165) is 27.7 Å². The highest BCUT2D eigenvalue weighted by Crippen LogP contribution is 2.23. The van der Waals surface area contributed by atoms with Crippen LogP contribution in [0.25, 0.3) is 5.65 Å². The summed E-state index contributed by atoms with van der Waals surface area (Å²) in [5, 5.41) is 0. The lowest BCUT2D eigenvalue weighted by Crippen LogP contribution is -2.25. The molecule has 5 nitrogen and oxygen atoms in total. The van der Waals surface area contributed by atoms with Crippen molar-refractivity contribution in [2.45, 2.75) is 17.2 Å². The van der Waals surface area contributed by atoms with Crippen molar-refractivity contribution in [1.82, 2.24) is 14.3 Å². The standard InChI is InChI=1S/C21H19N3O2S/c1-23(14-18-5-4-12-26-18)21(25)16-7-9-19(10-8-16)27-15-17-13-24-11-3-2-6-20(24)22-17/h2-13H,14-15H2,1H3. The molecule has 0 aliphatic rings. The summed E-state index contributed by atoms with van der Waals surface area (Å²) in [6.07, 6.45) is 5.66. The Hall–Kier alpha value is -2.99. The number of carbonyl (C=O) groups excluding carboxylic acids is 1. The fourth-order valence-corrected chi connectivity index (χ4v) is 3.62. The van der Waals surface area contributed by atoms with E-state index >= 15 is 0 Å². The lowest BCUT2D eigenvalue weighted by molar-refractivity contribution is 0.0775. The van der Waals surface area contributed by atoms with Crippen molar-refractivity contribution in [2.24, 2.45) is 0 Å². The van der Waals surface area contributed by atoms with Crippen molar-refractivity contribution >= 4 is 23.3 Å². The fraction of sp³-hybridized carbons (Fsp3) is 0.143. The van der Waals surface area contributed by atoms with E-state index < -0.39 is 0 Å². The molecule has 27 heavy (non-hydrogen) atoms. The van der Waals surface area contributed by atoms with Gasteiger partial charge in [0.05, 0.1) is 18.5 Å². The molecule has 0 aliphatic heterocycles. The Morgan fingerprint density at radius 2 is 2.00 bits per heavy atom. The average molecular weight is 377 g/mol. The quantitative estimate of drug-likeness (QED) is 0.465. The predicted molar refractivity (Wildman–Crippen MR) is 106 cm³/mol. The minimum atomic E-state index is -0.0247. The number of aromatic nitrogens is 2. The lowest BCUT2D eigenvalue weighted by Gasteiger charge is -2.15. The first kappa shape index (κ1) is 17.4. The molecule has 136 valence electrons. The van der Waals surface area contributed by atoms with E-state index in [1.807, 2.05) is 71.4 Å². The third-order valence-electron chi connectivity index (χ3n) is 4.22. The van der Waals surface area contributed by atoms with Gasteiger partial charge in [0.15, 0.2) is 0 Å². The van der Waals surface area contributed by atoms with Gasteiger partial charge >= 0.3 is 0 Å². The second-order valence-electron chi connectivity index (χ2n) is 6.25. The molecular weight excluding hydrogens is 358 g/mol. The highest BCUT2D eigenvalue weighted by atomic mass is 32.2. The molecule has 0 saturated heterocycles. The zero-order chi connectivity index (χ0) is 18.6. The van der Waals surface area contributed by atoms with E-state index in [4.69, 9.17) is 4.42 Å². The van der Waals surface area contributed by atoms with Crippen LogP contribution in [0.3, 0.4) is 0 Å². The van der Waals surface area contributed by atoms with Crippen LogP contribution in [0.15, 0.2) is 82.6 Å². The summed E-state index contributed by atoms with van der Waals surface area (Å²) in [4.78, 5) is 19.9. The summed E-state index contributed by atoms with van der Waals surface area (Å²) in [5.74, 6) is 1.53. The maximum atomic E-state index is 12.5. The minimum Gasteiger partial charge on any atom is -0.467 e. The summed E-state index contributed by atoms with van der Waals surface area (Å²) in [6.45, 7) is 0.455. The van der Waals surface area contributed by atoms with Gasteiger partial charge in [0.1, 0.15) is 11.4 Å². The molecule has 4 rings (SSSR count). The lowest BCUT2D eigenvalue weighted by atomic mass is 10.2. The molecule has 0 aliphatic carbocycles. The minimum absolute atomic E-state index is 0.0247. The Balaban J connectivity index is 1.37. The van der Waals surface area contributed by atoms with Crippen molar-refractivity contribution in [1.29, 1.82) is 0 Å². The molecule has 0 unspecified atom stereocenters. The number of carbonyl (C=O) groups is 1. The van der Waals surface area contributed by atoms with Crippen LogP contribution in [0.2, 0.25) is 0 Å². The largest absolute Gasteiger partial charge is 0.467 e. The van der Waals surface area contributed by atoms with Crippen LogP contribution in [0.1, 0.15) is 21.8 Å². The first-order chi connectivity index (χ1) is 13.2. The van der Waals surface area contributed by atoms with Crippen LogP contribution in [0.5, 0.6) is 0 Å². The Labute approximate surface area is 161 Å². The van der Waals surface area contributed by atoms with Crippen LogP contribution in [0, 0.1) is 0 Å². The smallest absolute Gasteiger partial charge is 0.254 e. The van der Waals surface area contributed by atoms with Gasteiger partial charge in [-0.2, -0.15) is 0 Å². The van der Waals surface area contributed by atoms with Gasteiger partial charge in [-0.05, 0) is 48.5 Å². The second-order valence-corrected chi connectivity index (χ2v) is 7.30. The highest BCUT2D eigenvalue weighted by molar-refractivity contribution is 7.98. The van der Waals surface area contributed by atoms with E-state index in [1.165, 1.54) is 0 Å². The predicted octanol–water partition coefficient (Wildman–Crippen LogP) is 4.49. The second kappa shape index (κ2) is 7.72. The van der Waals surface area contributed by atoms with Crippen LogP contribution in [-0.4, -0.2) is 27.2 Å². The summed E-state index contributed by atoms with van der Waals surface area (Å²) >= 11 is 1.71. The van der Waals surface area contributed by atoms with Gasteiger partial charge in [-0.15, -0.1) is 11.8 Å². The third kappa shape index (κ3) is 4.06. The number of rotatable bonds is 6. The number of fused-ring (bicyclic) bond motifs is 1. The molecule has 0 saturated carbocycles. The molecular formula is C21H19N3O2S. The molecule has 0 atom stereocenters. The molecule has 3 heterocycles. The first-order valence-electron chi connectivity index (χ1n) is 8.62. The molecule has 1 aromatic carbocycles. The van der Waals surface area contributed by atoms with Crippen LogP contribution in [0.4, 0.5) is 0 Å². The van der Waals surface area contributed by atoms with E-state index in [-0.39, 0.29) is 5.91 Å². The Bertz CT molecular complexity index is 1010. The number of furan rings is 1. The molecule has 6 heteroatoms. The number of hydrogen-bond donors (Lipinski definition) is 0. The monoisotopic (exact) mass is 377 g/mol. The fourth-order valence-electron chi connectivity index (χ4n) is 2.84. The zero-order valence-electron chi connectivity index (χ0n) is 14.9. The number of thioether (sulfide) groups is 1. The molecule has 0 radical (unpaired) electrons. The van der Waals surface area contributed by atoms with Crippen molar-refractivity contribution in [3.8, 4) is 0 Å². The summed E-state index contributed by atoms with van der Waals surface area (Å²) in [7, 11) is 1.77. The normalized spacial score (nSPS) is 11.0. The molecule has 0 bridgehead atoms. The molecule has 3 aromatic heterocycles. The van der Waals surface area contributed by atoms with Gasteiger partial charge in [0, 0.05) is 35.7 Å². The Morgan fingerprint density at radius 3 is 2.74 bits per heavy atom. The number of nitrogens with zero attached hydrogens (tertiary/aromatic N) is 3. The number of imidazole rings is 1. The van der Waals surface area contributed by atoms with Crippen molar-refractivity contribution in [3.63, 3.8) is 0 Å². The number of hydrogen-bond acceptors (Lipinski definition) is 4. The van der Waals surface area contributed by atoms with Gasteiger partial charge < -0.3 is 13.7 Å². The van der Waals surface area contributed by atoms with Crippen LogP contribution >= 0.6 is 11.8 Å². The Kier molecular flexibility index (Phi) is 4.98. The van der Waals surface area contributed by atoms with E-state index in [1.54, 1.807) is 30.0 Å². The van der Waals surface area contributed by atoms with Crippen molar-refractivity contribution < 1.29 is 9.21 Å². The maximum absolute atomic E-state index is 12.5. The van der Waals surface area contributed by atoms with Crippen LogP contribution in [-0.2, 0) is 12.3 Å². The summed E-state index contributed by atoms with van der Waals surface area (Å²) in [5.41, 5.74) is 2.65. The summed E-state index contributed by atoms with van der Waals surface area (Å²) < 4.78 is 7.32. The molecule has 4 aromatic rings. The van der Waals surface area contributed by atoms with Gasteiger partial charge in [-0.3, -0.25) is 4.79 Å². The van der Waals surface area contributed by atoms with Gasteiger partial charge in [0.25, 0.3) is 5.91 Å². The van der Waals surface area contributed by atoms with Crippen molar-refractivity contribution in [3.05, 3.63) is 90.3 Å². The maximum Gasteiger partial charge on any atom is 0.254 e. The van der Waals surface area contributed by atoms with E-state index in [0.29, 0.717) is 12.1 Å². The number of amides is 1. The van der Waals surface area contributed by atoms with E-state index in [9.17, 15) is 4.79 Å². The van der Waals surface area contributed by atoms with Gasteiger partial charge in [-0.1, -0.05) is 6.07 Å². The van der Waals surface area contributed by atoms with Crippen molar-refractivity contribution in [2.75, 3.05) is 7.05 Å². The van der Waals surface area contributed by atoms with Gasteiger partial charge in [0.2, 0.25) is 0 Å². The SMILES string of the molecule is CN(Cc1ccco1)C(=O)c1ccc(SCc2cn3ccccc3n2)cc1. The molecule has 0 N–H and O–H groups in total. The topological polar surface area (TPSA) is 50.8 Å². The Morgan fingerprint density at radius 1 is 1.15 bits per heavy atom. The number of benzene rings is 1. The molecule has 0 fully saturated rings. The molecule has 1 amide bonds. The molecule has 0 spiro atoms. The van der Waals surface area contributed by atoms with Crippen LogP contribution < -0.4 is 0 Å². The highest BCUT2D eigenvalue weighted by Gasteiger charge is 2.13. The zero-order valence-corrected chi connectivity index (χ0v) is 15.7. The van der Waals surface area contributed by atoms with E-state index in [2.05, 4.69) is 4.98 Å². The average Bonchev–Trinajstić information content (AvgIpc) is 3.35. The third-order valence-corrected chi connectivity index (χ3v) is 5.27. The number of pyridine rings is 1. The summed E-state index contributed by atoms with van der Waals surface area (Å²) in [6, 6.07) is 17.4. The first-order valence-corrected chi connectivity index (χ1v) is 9.61. The van der Waals surface area contributed by atoms with Gasteiger partial charge in [-0.25, -0.2) is 4.98 Å².